The zero-order valence-corrected chi connectivity index (χ0v) is 19.3. The zero-order chi connectivity index (χ0) is 22.1. The van der Waals surface area contributed by atoms with Gasteiger partial charge < -0.3 is 10.6 Å². The molecule has 172 valence electrons. The van der Waals surface area contributed by atoms with E-state index in [0.29, 0.717) is 0 Å². The van der Waals surface area contributed by atoms with Crippen LogP contribution < -0.4 is 10.6 Å². The van der Waals surface area contributed by atoms with Gasteiger partial charge in [-0.05, 0) is 57.7 Å². The highest BCUT2D eigenvalue weighted by atomic mass is 16.2. The van der Waals surface area contributed by atoms with E-state index in [1.165, 1.54) is 5.56 Å². The maximum absolute atomic E-state index is 12.8. The van der Waals surface area contributed by atoms with Gasteiger partial charge >= 0.3 is 0 Å². The van der Waals surface area contributed by atoms with Crippen molar-refractivity contribution in [2.45, 2.75) is 71.0 Å². The van der Waals surface area contributed by atoms with Crippen LogP contribution in [0.25, 0.3) is 0 Å². The van der Waals surface area contributed by atoms with Gasteiger partial charge in [0.2, 0.25) is 11.8 Å². The Morgan fingerprint density at radius 1 is 1.03 bits per heavy atom. The van der Waals surface area contributed by atoms with E-state index in [0.717, 1.165) is 77.8 Å². The third-order valence-corrected chi connectivity index (χ3v) is 6.84. The molecule has 0 aromatic heterocycles. The fourth-order valence-corrected chi connectivity index (χ4v) is 4.65. The quantitative estimate of drug-likeness (QED) is 0.594. The van der Waals surface area contributed by atoms with Crippen molar-refractivity contribution in [1.29, 1.82) is 0 Å². The Bertz CT molecular complexity index is 680. The molecule has 6 nitrogen and oxygen atoms in total. The van der Waals surface area contributed by atoms with E-state index in [4.69, 9.17) is 0 Å². The Morgan fingerprint density at radius 3 is 2.35 bits per heavy atom. The second-order valence-corrected chi connectivity index (χ2v) is 9.18. The van der Waals surface area contributed by atoms with Gasteiger partial charge in [-0.15, -0.1) is 0 Å². The van der Waals surface area contributed by atoms with E-state index in [1.807, 2.05) is 6.92 Å². The highest BCUT2D eigenvalue weighted by Gasteiger charge is 2.31. The fraction of sp³-hybridized carbons (Fsp3) is 0.680. The number of carbonyl (C=O) groups is 2. The number of hydrogen-bond donors (Lipinski definition) is 2. The normalized spacial score (nSPS) is 20.3. The van der Waals surface area contributed by atoms with Crippen LogP contribution in [-0.4, -0.2) is 66.4 Å². The first-order valence-corrected chi connectivity index (χ1v) is 12.1. The summed E-state index contributed by atoms with van der Waals surface area (Å²) in [5.74, 6) is 0.414. The summed E-state index contributed by atoms with van der Waals surface area (Å²) in [4.78, 5) is 29.8. The molecule has 2 saturated heterocycles. The number of piperidine rings is 2. The first-order chi connectivity index (χ1) is 15.1. The predicted octanol–water partition coefficient (Wildman–Crippen LogP) is 2.78. The monoisotopic (exact) mass is 428 g/mol. The van der Waals surface area contributed by atoms with Crippen LogP contribution in [0.3, 0.4) is 0 Å². The summed E-state index contributed by atoms with van der Waals surface area (Å²) < 4.78 is 0. The highest BCUT2D eigenvalue weighted by molar-refractivity contribution is 5.82. The van der Waals surface area contributed by atoms with E-state index in [-0.39, 0.29) is 29.8 Å². The van der Waals surface area contributed by atoms with Crippen LogP contribution >= 0.6 is 0 Å². The lowest BCUT2D eigenvalue weighted by Gasteiger charge is -2.37. The fourth-order valence-electron chi connectivity index (χ4n) is 4.65. The van der Waals surface area contributed by atoms with E-state index < -0.39 is 0 Å². The van der Waals surface area contributed by atoms with Crippen molar-refractivity contribution in [3.05, 3.63) is 35.9 Å². The molecular weight excluding hydrogens is 388 g/mol. The molecule has 0 spiro atoms. The molecule has 31 heavy (non-hydrogen) atoms. The molecule has 2 heterocycles. The second kappa shape index (κ2) is 12.2. The zero-order valence-electron chi connectivity index (χ0n) is 19.3. The van der Waals surface area contributed by atoms with Crippen LogP contribution in [0, 0.1) is 5.92 Å². The van der Waals surface area contributed by atoms with Crippen molar-refractivity contribution < 1.29 is 9.59 Å². The minimum Gasteiger partial charge on any atom is -0.356 e. The maximum atomic E-state index is 12.8. The van der Waals surface area contributed by atoms with Crippen LogP contribution in [0.15, 0.2) is 30.3 Å². The minimum absolute atomic E-state index is 0.0947. The number of likely N-dealkylation sites (tertiary alicyclic amines) is 2. The average molecular weight is 429 g/mol. The highest BCUT2D eigenvalue weighted by Crippen LogP contribution is 2.20. The number of amides is 2. The number of benzene rings is 1. The summed E-state index contributed by atoms with van der Waals surface area (Å²) in [5.41, 5.74) is 1.35. The van der Waals surface area contributed by atoms with E-state index >= 15 is 0 Å². The van der Waals surface area contributed by atoms with E-state index in [2.05, 4.69) is 57.7 Å². The average Bonchev–Trinajstić information content (AvgIpc) is 2.80. The first kappa shape index (κ1) is 23.7. The van der Waals surface area contributed by atoms with Crippen molar-refractivity contribution in [2.24, 2.45) is 5.92 Å². The van der Waals surface area contributed by atoms with Crippen LogP contribution in [0.1, 0.15) is 57.9 Å². The summed E-state index contributed by atoms with van der Waals surface area (Å²) in [6, 6.07) is 10.7. The molecular formula is C25H40N4O2. The van der Waals surface area contributed by atoms with Gasteiger partial charge in [-0.2, -0.15) is 0 Å². The molecule has 0 bridgehead atoms. The number of nitrogens with one attached hydrogen (secondary N) is 2. The SMILES string of the molecule is CCCCNC(=O)C1CCN(C(C)C(=O)NC2CCN(Cc3ccccc3)CC2)CC1. The molecule has 0 aliphatic carbocycles. The molecule has 1 atom stereocenters. The Morgan fingerprint density at radius 2 is 1.71 bits per heavy atom. The molecule has 1 unspecified atom stereocenters. The molecule has 2 amide bonds. The summed E-state index contributed by atoms with van der Waals surface area (Å²) in [6.07, 6.45) is 5.82. The van der Waals surface area contributed by atoms with Crippen LogP contribution in [-0.2, 0) is 16.1 Å². The lowest BCUT2D eigenvalue weighted by Crippen LogP contribution is -2.53. The molecule has 3 rings (SSSR count). The molecule has 1 aromatic carbocycles. The minimum atomic E-state index is -0.133. The molecule has 0 radical (unpaired) electrons. The van der Waals surface area contributed by atoms with E-state index in [1.54, 1.807) is 0 Å². The Kier molecular flexibility index (Phi) is 9.34. The van der Waals surface area contributed by atoms with Gasteiger partial charge in [0.15, 0.2) is 0 Å². The molecule has 2 aliphatic heterocycles. The third kappa shape index (κ3) is 7.32. The third-order valence-electron chi connectivity index (χ3n) is 6.84. The lowest BCUT2D eigenvalue weighted by atomic mass is 9.94. The van der Waals surface area contributed by atoms with Gasteiger partial charge in [0.25, 0.3) is 0 Å². The van der Waals surface area contributed by atoms with Crippen molar-refractivity contribution in [2.75, 3.05) is 32.7 Å². The van der Waals surface area contributed by atoms with Crippen LogP contribution in [0.4, 0.5) is 0 Å². The second-order valence-electron chi connectivity index (χ2n) is 9.18. The molecule has 2 fully saturated rings. The summed E-state index contributed by atoms with van der Waals surface area (Å²) in [5, 5.41) is 6.33. The van der Waals surface area contributed by atoms with Gasteiger partial charge in [-0.3, -0.25) is 19.4 Å². The largest absolute Gasteiger partial charge is 0.356 e. The van der Waals surface area contributed by atoms with Crippen molar-refractivity contribution in [1.82, 2.24) is 20.4 Å². The smallest absolute Gasteiger partial charge is 0.237 e. The Labute approximate surface area is 187 Å². The molecule has 2 aliphatic rings. The van der Waals surface area contributed by atoms with Gasteiger partial charge in [0.1, 0.15) is 0 Å². The number of rotatable bonds is 9. The van der Waals surface area contributed by atoms with Crippen LogP contribution in [0.2, 0.25) is 0 Å². The standard InChI is InChI=1S/C25H40N4O2/c1-3-4-14-26-25(31)22-10-17-29(18-11-22)20(2)24(30)27-23-12-15-28(16-13-23)19-21-8-6-5-7-9-21/h5-9,20,22-23H,3-4,10-19H2,1-2H3,(H,26,31)(H,27,30). The number of carbonyl (C=O) groups excluding carboxylic acids is 2. The predicted molar refractivity (Wildman–Crippen MR) is 125 cm³/mol. The van der Waals surface area contributed by atoms with Crippen molar-refractivity contribution in [3.8, 4) is 0 Å². The molecule has 2 N–H and O–H groups in total. The number of nitrogens with zero attached hydrogens (tertiary/aromatic N) is 2. The van der Waals surface area contributed by atoms with Gasteiger partial charge in [0.05, 0.1) is 6.04 Å². The summed E-state index contributed by atoms with van der Waals surface area (Å²) in [6.45, 7) is 9.56. The summed E-state index contributed by atoms with van der Waals surface area (Å²) in [7, 11) is 0. The molecule has 6 heteroatoms. The van der Waals surface area contributed by atoms with Crippen molar-refractivity contribution in [3.63, 3.8) is 0 Å². The lowest BCUT2D eigenvalue weighted by molar-refractivity contribution is -0.129. The Balaban J connectivity index is 1.35. The summed E-state index contributed by atoms with van der Waals surface area (Å²) >= 11 is 0. The van der Waals surface area contributed by atoms with Gasteiger partial charge in [-0.25, -0.2) is 0 Å². The van der Waals surface area contributed by atoms with Crippen molar-refractivity contribution >= 4 is 11.8 Å². The van der Waals surface area contributed by atoms with E-state index in [9.17, 15) is 9.59 Å². The van der Waals surface area contributed by atoms with Gasteiger partial charge in [-0.1, -0.05) is 43.7 Å². The molecule has 0 saturated carbocycles. The number of hydrogen-bond acceptors (Lipinski definition) is 4. The maximum Gasteiger partial charge on any atom is 0.237 e. The number of unbranched alkanes of at least 4 members (excludes halogenated alkanes) is 1. The molecule has 1 aromatic rings. The topological polar surface area (TPSA) is 64.7 Å². The Hall–Kier alpha value is -1.92. The van der Waals surface area contributed by atoms with Gasteiger partial charge in [0, 0.05) is 38.1 Å². The first-order valence-electron chi connectivity index (χ1n) is 12.1. The van der Waals surface area contributed by atoms with Crippen LogP contribution in [0.5, 0.6) is 0 Å².